The van der Waals surface area contributed by atoms with Gasteiger partial charge in [0.1, 0.15) is 0 Å². The normalized spacial score (nSPS) is 10.2. The highest BCUT2D eigenvalue weighted by Crippen LogP contribution is 2.12. The number of hydrogen-bond acceptors (Lipinski definition) is 6. The van der Waals surface area contributed by atoms with Crippen LogP contribution in [-0.4, -0.2) is 57.1 Å². The standard InChI is InChI=1S/C6H10N6O.C4H4O4/c1-12(2)11-10-6-4(5(7)13)8-3-9-6;5-3(6)1-2-4(7)8/h3H,1-2H3,(H2,7,13)(H,8,9);1-2H,(H,5,6)(H,7,8)/b;2-1+. The lowest BCUT2D eigenvalue weighted by Gasteiger charge is -1.99. The van der Waals surface area contributed by atoms with Gasteiger partial charge in [0.25, 0.3) is 5.91 Å². The van der Waals surface area contributed by atoms with Crippen molar-refractivity contribution >= 4 is 23.7 Å². The largest absolute Gasteiger partial charge is 0.478 e. The van der Waals surface area contributed by atoms with Gasteiger partial charge in [-0.15, -0.1) is 5.11 Å². The number of primary amides is 1. The lowest BCUT2D eigenvalue weighted by atomic mass is 10.4. The van der Waals surface area contributed by atoms with E-state index in [9.17, 15) is 14.4 Å². The molecular formula is C10H14N6O5. The van der Waals surface area contributed by atoms with Gasteiger partial charge in [0.15, 0.2) is 11.5 Å². The van der Waals surface area contributed by atoms with Gasteiger partial charge in [-0.05, 0) is 0 Å². The zero-order chi connectivity index (χ0) is 16.4. The first-order valence-corrected chi connectivity index (χ1v) is 5.30. The summed E-state index contributed by atoms with van der Waals surface area (Å²) in [5.74, 6) is -2.88. The van der Waals surface area contributed by atoms with Crippen LogP contribution < -0.4 is 5.73 Å². The number of rotatable bonds is 5. The molecule has 1 rings (SSSR count). The summed E-state index contributed by atoms with van der Waals surface area (Å²) in [5, 5.41) is 24.5. The first-order valence-electron chi connectivity index (χ1n) is 5.30. The van der Waals surface area contributed by atoms with Crippen molar-refractivity contribution in [3.63, 3.8) is 0 Å². The number of nitrogens with zero attached hydrogens (tertiary/aromatic N) is 4. The molecule has 1 amide bonds. The summed E-state index contributed by atoms with van der Waals surface area (Å²) in [5.41, 5.74) is 5.12. The monoisotopic (exact) mass is 298 g/mol. The molecule has 0 aromatic carbocycles. The van der Waals surface area contributed by atoms with Crippen molar-refractivity contribution in [3.8, 4) is 0 Å². The molecule has 0 unspecified atom stereocenters. The van der Waals surface area contributed by atoms with Crippen molar-refractivity contribution in [1.29, 1.82) is 0 Å². The van der Waals surface area contributed by atoms with E-state index in [4.69, 9.17) is 15.9 Å². The number of aromatic nitrogens is 2. The van der Waals surface area contributed by atoms with E-state index in [1.807, 2.05) is 0 Å². The molecule has 0 spiro atoms. The van der Waals surface area contributed by atoms with Gasteiger partial charge in [-0.3, -0.25) is 9.80 Å². The average Bonchev–Trinajstić information content (AvgIpc) is 2.83. The lowest BCUT2D eigenvalue weighted by Crippen LogP contribution is -2.11. The van der Waals surface area contributed by atoms with E-state index in [0.717, 1.165) is 0 Å². The van der Waals surface area contributed by atoms with Crippen molar-refractivity contribution in [2.24, 2.45) is 16.1 Å². The number of carboxylic acid groups (broad SMARTS) is 2. The molecular weight excluding hydrogens is 284 g/mol. The average molecular weight is 298 g/mol. The van der Waals surface area contributed by atoms with E-state index in [0.29, 0.717) is 12.2 Å². The highest BCUT2D eigenvalue weighted by molar-refractivity contribution is 5.94. The Balaban J connectivity index is 0.000000433. The Morgan fingerprint density at radius 2 is 1.81 bits per heavy atom. The van der Waals surface area contributed by atoms with Crippen LogP contribution in [0.4, 0.5) is 5.82 Å². The Kier molecular flexibility index (Phi) is 7.44. The molecule has 0 aliphatic rings. The first kappa shape index (κ1) is 17.8. The van der Waals surface area contributed by atoms with Gasteiger partial charge in [0.2, 0.25) is 0 Å². The van der Waals surface area contributed by atoms with Gasteiger partial charge in [0, 0.05) is 26.2 Å². The molecule has 114 valence electrons. The number of carbonyl (C=O) groups excluding carboxylic acids is 1. The first-order chi connectivity index (χ1) is 9.73. The molecule has 11 nitrogen and oxygen atoms in total. The molecule has 0 fully saturated rings. The maximum Gasteiger partial charge on any atom is 0.328 e. The van der Waals surface area contributed by atoms with E-state index < -0.39 is 17.8 Å². The summed E-state index contributed by atoms with van der Waals surface area (Å²) in [6.45, 7) is 0. The number of nitrogens with two attached hydrogens (primary N) is 1. The molecule has 11 heteroatoms. The van der Waals surface area contributed by atoms with E-state index in [-0.39, 0.29) is 11.5 Å². The van der Waals surface area contributed by atoms with Gasteiger partial charge >= 0.3 is 11.9 Å². The fraction of sp³-hybridized carbons (Fsp3) is 0.200. The van der Waals surface area contributed by atoms with Crippen molar-refractivity contribution < 1.29 is 24.6 Å². The second-order valence-electron chi connectivity index (χ2n) is 3.51. The smallest absolute Gasteiger partial charge is 0.328 e. The fourth-order valence-corrected chi connectivity index (χ4v) is 0.821. The Morgan fingerprint density at radius 1 is 1.29 bits per heavy atom. The second-order valence-corrected chi connectivity index (χ2v) is 3.51. The van der Waals surface area contributed by atoms with E-state index in [1.54, 1.807) is 14.1 Å². The van der Waals surface area contributed by atoms with Crippen LogP contribution in [-0.2, 0) is 9.59 Å². The molecule has 0 aliphatic carbocycles. The topological polar surface area (TPSA) is 174 Å². The number of amides is 1. The zero-order valence-corrected chi connectivity index (χ0v) is 11.2. The van der Waals surface area contributed by atoms with Gasteiger partial charge < -0.3 is 20.9 Å². The number of aromatic amines is 1. The minimum atomic E-state index is -1.26. The number of H-pyrrole nitrogens is 1. The van der Waals surface area contributed by atoms with Gasteiger partial charge in [0.05, 0.1) is 6.33 Å². The third-order valence-corrected chi connectivity index (χ3v) is 1.54. The van der Waals surface area contributed by atoms with Gasteiger partial charge in [-0.25, -0.2) is 14.6 Å². The van der Waals surface area contributed by atoms with Crippen molar-refractivity contribution in [2.75, 3.05) is 14.1 Å². The lowest BCUT2D eigenvalue weighted by molar-refractivity contribution is -0.134. The summed E-state index contributed by atoms with van der Waals surface area (Å²) in [7, 11) is 3.42. The fourth-order valence-electron chi connectivity index (χ4n) is 0.821. The van der Waals surface area contributed by atoms with Crippen LogP contribution in [0.1, 0.15) is 10.5 Å². The Hall–Kier alpha value is -3.24. The van der Waals surface area contributed by atoms with E-state index in [2.05, 4.69) is 20.3 Å². The Morgan fingerprint density at radius 3 is 2.19 bits per heavy atom. The predicted octanol–water partition coefficient (Wildman–Crippen LogP) is -0.219. The highest BCUT2D eigenvalue weighted by Gasteiger charge is 2.09. The van der Waals surface area contributed by atoms with Crippen LogP contribution in [0.15, 0.2) is 28.8 Å². The predicted molar refractivity (Wildman–Crippen MR) is 69.7 cm³/mol. The summed E-state index contributed by atoms with van der Waals surface area (Å²) in [6.07, 6.45) is 2.45. The maximum absolute atomic E-state index is 10.8. The zero-order valence-electron chi connectivity index (χ0n) is 11.2. The third kappa shape index (κ3) is 8.47. The molecule has 1 aromatic heterocycles. The highest BCUT2D eigenvalue weighted by atomic mass is 16.4. The molecule has 0 aliphatic heterocycles. The summed E-state index contributed by atoms with van der Waals surface area (Å²) < 4.78 is 0. The number of carbonyl (C=O) groups is 3. The van der Waals surface area contributed by atoms with Crippen LogP contribution in [0.3, 0.4) is 0 Å². The van der Waals surface area contributed by atoms with Gasteiger partial charge in [-0.2, -0.15) is 0 Å². The number of carboxylic acids is 2. The number of imidazole rings is 1. The van der Waals surface area contributed by atoms with Crippen LogP contribution in [0.2, 0.25) is 0 Å². The molecule has 21 heavy (non-hydrogen) atoms. The molecule has 0 radical (unpaired) electrons. The minimum absolute atomic E-state index is 0.0885. The van der Waals surface area contributed by atoms with Crippen LogP contribution in [0.25, 0.3) is 0 Å². The molecule has 5 N–H and O–H groups in total. The summed E-state index contributed by atoms with van der Waals surface area (Å²) in [4.78, 5) is 36.2. The van der Waals surface area contributed by atoms with Crippen LogP contribution >= 0.6 is 0 Å². The molecule has 0 atom stereocenters. The molecule has 1 aromatic rings. The molecule has 0 saturated heterocycles. The van der Waals surface area contributed by atoms with Crippen molar-refractivity contribution in [2.45, 2.75) is 0 Å². The molecule has 0 bridgehead atoms. The Bertz CT molecular complexity index is 546. The Labute approximate surface area is 118 Å². The second kappa shape index (κ2) is 8.79. The third-order valence-electron chi connectivity index (χ3n) is 1.54. The molecule has 0 saturated carbocycles. The minimum Gasteiger partial charge on any atom is -0.478 e. The number of hydrogen-bond donors (Lipinski definition) is 4. The van der Waals surface area contributed by atoms with Gasteiger partial charge in [-0.1, -0.05) is 5.22 Å². The summed E-state index contributed by atoms with van der Waals surface area (Å²) >= 11 is 0. The number of aliphatic carboxylic acids is 2. The van der Waals surface area contributed by atoms with Crippen molar-refractivity contribution in [3.05, 3.63) is 24.2 Å². The van der Waals surface area contributed by atoms with E-state index in [1.165, 1.54) is 11.3 Å². The number of nitrogens with one attached hydrogen (secondary N) is 1. The summed E-state index contributed by atoms with van der Waals surface area (Å²) in [6, 6.07) is 0. The maximum atomic E-state index is 10.8. The van der Waals surface area contributed by atoms with Crippen LogP contribution in [0, 0.1) is 0 Å². The van der Waals surface area contributed by atoms with Crippen molar-refractivity contribution in [1.82, 2.24) is 15.0 Å². The SMILES string of the molecule is CN(C)N=Nc1[nH]cnc1C(N)=O.O=C(O)/C=C/C(=O)O. The van der Waals surface area contributed by atoms with E-state index >= 15 is 0 Å². The quantitative estimate of drug-likeness (QED) is 0.330. The van der Waals surface area contributed by atoms with Crippen LogP contribution in [0.5, 0.6) is 0 Å². The molecule has 1 heterocycles.